The summed E-state index contributed by atoms with van der Waals surface area (Å²) < 4.78 is 22.6. The number of nitrogens with one attached hydrogen (secondary N) is 1. The van der Waals surface area contributed by atoms with E-state index in [-0.39, 0.29) is 6.42 Å². The van der Waals surface area contributed by atoms with Crippen LogP contribution in [0.1, 0.15) is 37.5 Å². The lowest BCUT2D eigenvalue weighted by atomic mass is 9.82. The van der Waals surface area contributed by atoms with Gasteiger partial charge < -0.3 is 10.1 Å². The van der Waals surface area contributed by atoms with Crippen molar-refractivity contribution in [2.75, 3.05) is 0 Å². The van der Waals surface area contributed by atoms with Gasteiger partial charge in [0.25, 0.3) is 5.91 Å². The number of alkyl halides is 1. The molecule has 1 unspecified atom stereocenters. The highest BCUT2D eigenvalue weighted by Crippen LogP contribution is 2.35. The summed E-state index contributed by atoms with van der Waals surface area (Å²) in [6, 6.07) is 17.7. The maximum Gasteiger partial charge on any atom is 0.263 e. The van der Waals surface area contributed by atoms with Crippen LogP contribution in [0, 0.1) is 11.3 Å². The van der Waals surface area contributed by atoms with E-state index in [4.69, 9.17) is 16.3 Å². The van der Waals surface area contributed by atoms with Crippen LogP contribution in [-0.4, -0.2) is 22.5 Å². The van der Waals surface area contributed by atoms with Gasteiger partial charge in [-0.1, -0.05) is 35.9 Å². The molecule has 33 heavy (non-hydrogen) atoms. The van der Waals surface area contributed by atoms with Crippen molar-refractivity contribution in [2.24, 2.45) is 0 Å². The van der Waals surface area contributed by atoms with E-state index >= 15 is 4.39 Å². The Balaban J connectivity index is 1.89. The number of carbonyl (C=O) groups is 1. The standard InChI is InChI=1S/C26H25ClFN3O2/c1-18(31-24(32)25(2,3)33-23-8-5-13-30-17-23)26(28,15-19-9-11-22(27)12-10-19)21-7-4-6-20(14-21)16-29/h4-14,17-18H,15H2,1-3H3,(H,31,32)/t18-,26?/m0/s1. The zero-order valence-electron chi connectivity index (χ0n) is 18.7. The minimum atomic E-state index is -2.00. The van der Waals surface area contributed by atoms with E-state index in [9.17, 15) is 10.1 Å². The number of hydrogen-bond donors (Lipinski definition) is 1. The molecule has 5 nitrogen and oxygen atoms in total. The van der Waals surface area contributed by atoms with Gasteiger partial charge in [-0.25, -0.2) is 4.39 Å². The molecule has 3 aromatic rings. The molecule has 7 heteroatoms. The molecule has 0 bridgehead atoms. The summed E-state index contributed by atoms with van der Waals surface area (Å²) in [7, 11) is 0. The van der Waals surface area contributed by atoms with Crippen LogP contribution < -0.4 is 10.1 Å². The Hall–Kier alpha value is -3.43. The molecule has 1 amide bonds. The number of carbonyl (C=O) groups excluding carboxylic acids is 1. The number of benzene rings is 2. The summed E-state index contributed by atoms with van der Waals surface area (Å²) in [5, 5.41) is 12.6. The number of rotatable bonds is 8. The molecule has 0 saturated heterocycles. The summed E-state index contributed by atoms with van der Waals surface area (Å²) in [6.07, 6.45) is 3.09. The van der Waals surface area contributed by atoms with Gasteiger partial charge in [-0.15, -0.1) is 0 Å². The Labute approximate surface area is 198 Å². The quantitative estimate of drug-likeness (QED) is 0.485. The van der Waals surface area contributed by atoms with Crippen LogP contribution >= 0.6 is 11.6 Å². The summed E-state index contributed by atoms with van der Waals surface area (Å²) in [5.74, 6) is -0.0480. The highest BCUT2D eigenvalue weighted by atomic mass is 35.5. The third-order valence-electron chi connectivity index (χ3n) is 5.43. The second kappa shape index (κ2) is 10.0. The second-order valence-corrected chi connectivity index (χ2v) is 8.79. The molecule has 0 spiro atoms. The number of pyridine rings is 1. The van der Waals surface area contributed by atoms with Crippen molar-refractivity contribution in [2.45, 2.75) is 44.5 Å². The first-order chi connectivity index (χ1) is 15.6. The van der Waals surface area contributed by atoms with Crippen LogP contribution in [0.5, 0.6) is 5.75 Å². The zero-order valence-corrected chi connectivity index (χ0v) is 19.4. The van der Waals surface area contributed by atoms with Crippen molar-refractivity contribution >= 4 is 17.5 Å². The van der Waals surface area contributed by atoms with Gasteiger partial charge in [-0.05, 0) is 68.3 Å². The van der Waals surface area contributed by atoms with Gasteiger partial charge in [-0.2, -0.15) is 5.26 Å². The maximum atomic E-state index is 16.8. The van der Waals surface area contributed by atoms with Gasteiger partial charge in [-0.3, -0.25) is 9.78 Å². The number of ether oxygens (including phenoxy) is 1. The molecule has 170 valence electrons. The molecule has 1 heterocycles. The molecule has 1 N–H and O–H groups in total. The minimum Gasteiger partial charge on any atom is -0.476 e. The van der Waals surface area contributed by atoms with Crippen LogP contribution in [0.25, 0.3) is 0 Å². The summed E-state index contributed by atoms with van der Waals surface area (Å²) >= 11 is 5.98. The average Bonchev–Trinajstić information content (AvgIpc) is 2.80. The zero-order chi connectivity index (χ0) is 24.1. The van der Waals surface area contributed by atoms with E-state index in [0.717, 1.165) is 0 Å². The second-order valence-electron chi connectivity index (χ2n) is 8.35. The highest BCUT2D eigenvalue weighted by molar-refractivity contribution is 6.30. The first kappa shape index (κ1) is 24.2. The SMILES string of the molecule is C[C@H](NC(=O)C(C)(C)Oc1cccnc1)C(F)(Cc1ccc(Cl)cc1)c1cccc(C#N)c1. The van der Waals surface area contributed by atoms with Crippen molar-refractivity contribution < 1.29 is 13.9 Å². The molecule has 0 aliphatic rings. The van der Waals surface area contributed by atoms with Gasteiger partial charge in [0.1, 0.15) is 5.75 Å². The molecule has 3 rings (SSSR count). The minimum absolute atomic E-state index is 0.0234. The normalized spacial score (nSPS) is 13.9. The first-order valence-corrected chi connectivity index (χ1v) is 10.9. The predicted molar refractivity (Wildman–Crippen MR) is 126 cm³/mol. The van der Waals surface area contributed by atoms with Crippen molar-refractivity contribution in [3.63, 3.8) is 0 Å². The largest absolute Gasteiger partial charge is 0.476 e. The molecule has 2 atom stereocenters. The molecule has 0 aliphatic heterocycles. The number of nitriles is 1. The van der Waals surface area contributed by atoms with E-state index in [1.54, 1.807) is 81.6 Å². The fraction of sp³-hybridized carbons (Fsp3) is 0.269. The van der Waals surface area contributed by atoms with Crippen LogP contribution in [-0.2, 0) is 16.9 Å². The summed E-state index contributed by atoms with van der Waals surface area (Å²) in [4.78, 5) is 17.1. The summed E-state index contributed by atoms with van der Waals surface area (Å²) in [6.45, 7) is 4.82. The molecule has 1 aromatic heterocycles. The maximum absolute atomic E-state index is 16.8. The Morgan fingerprint density at radius 3 is 2.58 bits per heavy atom. The molecule has 0 radical (unpaired) electrons. The van der Waals surface area contributed by atoms with E-state index in [1.165, 1.54) is 12.3 Å². The van der Waals surface area contributed by atoms with Crippen molar-refractivity contribution in [3.8, 4) is 11.8 Å². The average molecular weight is 466 g/mol. The Morgan fingerprint density at radius 1 is 1.21 bits per heavy atom. The van der Waals surface area contributed by atoms with Gasteiger partial charge in [0.05, 0.1) is 23.9 Å². The number of amides is 1. The number of halogens is 2. The molecular formula is C26H25ClFN3O2. The van der Waals surface area contributed by atoms with Crippen molar-refractivity contribution in [1.29, 1.82) is 5.26 Å². The predicted octanol–water partition coefficient (Wildman–Crippen LogP) is 5.38. The van der Waals surface area contributed by atoms with E-state index in [1.807, 2.05) is 6.07 Å². The Bertz CT molecular complexity index is 1150. The fourth-order valence-electron chi connectivity index (χ4n) is 3.49. The number of nitrogens with zero attached hydrogens (tertiary/aromatic N) is 2. The lowest BCUT2D eigenvalue weighted by Crippen LogP contribution is -2.55. The van der Waals surface area contributed by atoms with Crippen LogP contribution in [0.4, 0.5) is 4.39 Å². The van der Waals surface area contributed by atoms with Crippen molar-refractivity contribution in [3.05, 3.63) is 94.8 Å². The lowest BCUT2D eigenvalue weighted by molar-refractivity contribution is -0.136. The van der Waals surface area contributed by atoms with Crippen LogP contribution in [0.2, 0.25) is 5.02 Å². The monoisotopic (exact) mass is 465 g/mol. The van der Waals surface area contributed by atoms with Gasteiger partial charge in [0, 0.05) is 17.6 Å². The third-order valence-corrected chi connectivity index (χ3v) is 5.69. The van der Waals surface area contributed by atoms with Crippen molar-refractivity contribution in [1.82, 2.24) is 10.3 Å². The molecule has 0 fully saturated rings. The first-order valence-electron chi connectivity index (χ1n) is 10.5. The molecule has 0 aliphatic carbocycles. The van der Waals surface area contributed by atoms with E-state index < -0.39 is 23.2 Å². The third kappa shape index (κ3) is 5.88. The van der Waals surface area contributed by atoms with E-state index in [0.29, 0.717) is 27.5 Å². The summed E-state index contributed by atoms with van der Waals surface area (Å²) in [5.41, 5.74) is -1.93. The highest BCUT2D eigenvalue weighted by Gasteiger charge is 2.42. The van der Waals surface area contributed by atoms with Crippen LogP contribution in [0.15, 0.2) is 73.1 Å². The smallest absolute Gasteiger partial charge is 0.263 e. The van der Waals surface area contributed by atoms with Crippen LogP contribution in [0.3, 0.4) is 0 Å². The topological polar surface area (TPSA) is 75.0 Å². The van der Waals surface area contributed by atoms with Gasteiger partial charge in [0.2, 0.25) is 0 Å². The molecular weight excluding hydrogens is 441 g/mol. The molecule has 0 saturated carbocycles. The lowest BCUT2D eigenvalue weighted by Gasteiger charge is -2.35. The van der Waals surface area contributed by atoms with Gasteiger partial charge >= 0.3 is 0 Å². The van der Waals surface area contributed by atoms with E-state index in [2.05, 4.69) is 10.3 Å². The number of aromatic nitrogens is 1. The fourth-order valence-corrected chi connectivity index (χ4v) is 3.61. The van der Waals surface area contributed by atoms with Gasteiger partial charge in [0.15, 0.2) is 11.3 Å². The number of hydrogen-bond acceptors (Lipinski definition) is 4. The Morgan fingerprint density at radius 2 is 1.94 bits per heavy atom. The molecule has 2 aromatic carbocycles. The Kier molecular flexibility index (Phi) is 7.35.